The molecule has 3 rings (SSSR count). The Kier molecular flexibility index (Phi) is 9.67. The van der Waals surface area contributed by atoms with Gasteiger partial charge in [-0.3, -0.25) is 4.79 Å². The van der Waals surface area contributed by atoms with Crippen molar-refractivity contribution in [3.8, 4) is 11.1 Å². The van der Waals surface area contributed by atoms with Crippen LogP contribution in [-0.4, -0.2) is 48.9 Å². The molecule has 0 atom stereocenters. The van der Waals surface area contributed by atoms with Crippen molar-refractivity contribution < 1.29 is 4.79 Å². The van der Waals surface area contributed by atoms with Crippen LogP contribution < -0.4 is 0 Å². The van der Waals surface area contributed by atoms with E-state index in [-0.39, 0.29) is 5.91 Å². The molecule has 0 aliphatic carbocycles. The van der Waals surface area contributed by atoms with Crippen LogP contribution in [0.25, 0.3) is 11.1 Å². The van der Waals surface area contributed by atoms with Crippen molar-refractivity contribution in [2.45, 2.75) is 34.6 Å². The van der Waals surface area contributed by atoms with Gasteiger partial charge in [0.2, 0.25) is 0 Å². The summed E-state index contributed by atoms with van der Waals surface area (Å²) in [6.07, 6.45) is 0. The van der Waals surface area contributed by atoms with Gasteiger partial charge in [-0.1, -0.05) is 69.7 Å². The van der Waals surface area contributed by atoms with Crippen molar-refractivity contribution in [3.63, 3.8) is 0 Å². The van der Waals surface area contributed by atoms with E-state index in [4.69, 9.17) is 0 Å². The first kappa shape index (κ1) is 21.9. The molecule has 142 valence electrons. The van der Waals surface area contributed by atoms with Crippen molar-refractivity contribution in [1.29, 1.82) is 0 Å². The molecule has 1 heterocycles. The van der Waals surface area contributed by atoms with Crippen molar-refractivity contribution >= 4 is 5.91 Å². The molecule has 3 nitrogen and oxygen atoms in total. The highest BCUT2D eigenvalue weighted by Crippen LogP contribution is 2.21. The summed E-state index contributed by atoms with van der Waals surface area (Å²) in [6.45, 7) is 13.6. The Morgan fingerprint density at radius 3 is 1.62 bits per heavy atom. The zero-order valence-corrected chi connectivity index (χ0v) is 17.2. The maximum Gasteiger partial charge on any atom is 0.253 e. The fraction of sp³-hybridized carbons (Fsp3) is 0.435. The highest BCUT2D eigenvalue weighted by molar-refractivity contribution is 5.94. The van der Waals surface area contributed by atoms with Gasteiger partial charge >= 0.3 is 0 Å². The molecule has 3 heteroatoms. The Bertz CT molecular complexity index is 639. The van der Waals surface area contributed by atoms with E-state index in [1.807, 2.05) is 56.9 Å². The molecule has 0 aromatic heterocycles. The average molecular weight is 355 g/mol. The van der Waals surface area contributed by atoms with E-state index >= 15 is 0 Å². The Labute approximate surface area is 159 Å². The zero-order chi connectivity index (χ0) is 19.5. The van der Waals surface area contributed by atoms with Gasteiger partial charge in [0.15, 0.2) is 0 Å². The first-order valence-electron chi connectivity index (χ1n) is 9.78. The molecule has 0 radical (unpaired) electrons. The second-order valence-corrected chi connectivity index (χ2v) is 6.04. The van der Waals surface area contributed by atoms with Crippen LogP contribution in [0.5, 0.6) is 0 Å². The molecule has 0 bridgehead atoms. The lowest BCUT2D eigenvalue weighted by Crippen LogP contribution is -2.47. The van der Waals surface area contributed by atoms with Gasteiger partial charge in [-0.05, 0) is 37.2 Å². The summed E-state index contributed by atoms with van der Waals surface area (Å²) in [7, 11) is 2.10. The summed E-state index contributed by atoms with van der Waals surface area (Å²) in [5, 5.41) is 0. The summed E-state index contributed by atoms with van der Waals surface area (Å²) in [5.74, 6) is 0.142. The van der Waals surface area contributed by atoms with E-state index in [9.17, 15) is 4.79 Å². The molecule has 1 saturated heterocycles. The van der Waals surface area contributed by atoms with E-state index < -0.39 is 0 Å². The fourth-order valence-corrected chi connectivity index (χ4v) is 2.74. The molecule has 1 aliphatic heterocycles. The Balaban J connectivity index is 0.000000791. The number of carbonyl (C=O) groups excluding carboxylic acids is 1. The number of likely N-dealkylation sites (N-methyl/N-ethyl adjacent to an activating group) is 1. The van der Waals surface area contributed by atoms with Gasteiger partial charge in [0, 0.05) is 31.7 Å². The molecule has 0 N–H and O–H groups in total. The molecule has 2 aromatic rings. The second-order valence-electron chi connectivity index (χ2n) is 6.04. The molecule has 0 saturated carbocycles. The first-order chi connectivity index (χ1) is 12.6. The lowest BCUT2D eigenvalue weighted by molar-refractivity contribution is 0.0664. The minimum absolute atomic E-state index is 0.142. The van der Waals surface area contributed by atoms with Crippen LogP contribution >= 0.6 is 0 Å². The first-order valence-corrected chi connectivity index (χ1v) is 9.78. The third-order valence-corrected chi connectivity index (χ3v) is 4.31. The zero-order valence-electron chi connectivity index (χ0n) is 17.2. The van der Waals surface area contributed by atoms with Gasteiger partial charge < -0.3 is 9.80 Å². The quantitative estimate of drug-likeness (QED) is 0.749. The standard InChI is InChI=1S/C19H22N2O.2C2H6/c1-15-3-5-16(6-4-15)17-7-9-18(10-8-17)19(22)21-13-11-20(2)12-14-21;2*1-2/h3-10H,11-14H2,1-2H3;2*1-2H3. The van der Waals surface area contributed by atoms with Crippen LogP contribution in [0.4, 0.5) is 0 Å². The highest BCUT2D eigenvalue weighted by atomic mass is 16.2. The topological polar surface area (TPSA) is 23.6 Å². The van der Waals surface area contributed by atoms with Gasteiger partial charge in [0.05, 0.1) is 0 Å². The van der Waals surface area contributed by atoms with Crippen molar-refractivity contribution in [2.24, 2.45) is 0 Å². The van der Waals surface area contributed by atoms with Crippen LogP contribution in [0.1, 0.15) is 43.6 Å². The number of hydrogen-bond donors (Lipinski definition) is 0. The van der Waals surface area contributed by atoms with Crippen molar-refractivity contribution in [2.75, 3.05) is 33.2 Å². The number of aryl methyl sites for hydroxylation is 1. The van der Waals surface area contributed by atoms with E-state index in [0.29, 0.717) is 0 Å². The van der Waals surface area contributed by atoms with Crippen LogP contribution in [0, 0.1) is 6.92 Å². The van der Waals surface area contributed by atoms with Gasteiger partial charge in [-0.25, -0.2) is 0 Å². The SMILES string of the molecule is CC.CC.Cc1ccc(-c2ccc(C(=O)N3CCN(C)CC3)cc2)cc1. The average Bonchev–Trinajstić information content (AvgIpc) is 2.72. The number of nitrogens with zero attached hydrogens (tertiary/aromatic N) is 2. The van der Waals surface area contributed by atoms with Crippen LogP contribution in [0.2, 0.25) is 0 Å². The van der Waals surface area contributed by atoms with Gasteiger partial charge in [0.1, 0.15) is 0 Å². The van der Waals surface area contributed by atoms with Crippen LogP contribution in [0.15, 0.2) is 48.5 Å². The van der Waals surface area contributed by atoms with Gasteiger partial charge in [0.25, 0.3) is 5.91 Å². The summed E-state index contributed by atoms with van der Waals surface area (Å²) in [6, 6.07) is 16.4. The summed E-state index contributed by atoms with van der Waals surface area (Å²) >= 11 is 0. The number of hydrogen-bond acceptors (Lipinski definition) is 2. The number of benzene rings is 2. The minimum atomic E-state index is 0.142. The third-order valence-electron chi connectivity index (χ3n) is 4.31. The Morgan fingerprint density at radius 2 is 1.15 bits per heavy atom. The second kappa shape index (κ2) is 11.5. The third kappa shape index (κ3) is 5.99. The maximum absolute atomic E-state index is 12.5. The van der Waals surface area contributed by atoms with Crippen molar-refractivity contribution in [3.05, 3.63) is 59.7 Å². The monoisotopic (exact) mass is 354 g/mol. The number of piperazine rings is 1. The molecule has 1 amide bonds. The lowest BCUT2D eigenvalue weighted by atomic mass is 10.0. The molecule has 26 heavy (non-hydrogen) atoms. The van der Waals surface area contributed by atoms with Crippen LogP contribution in [-0.2, 0) is 0 Å². The van der Waals surface area contributed by atoms with E-state index in [0.717, 1.165) is 37.3 Å². The summed E-state index contributed by atoms with van der Waals surface area (Å²) < 4.78 is 0. The molecule has 0 unspecified atom stereocenters. The smallest absolute Gasteiger partial charge is 0.253 e. The van der Waals surface area contributed by atoms with Crippen LogP contribution in [0.3, 0.4) is 0 Å². The van der Waals surface area contributed by atoms with E-state index in [1.54, 1.807) is 0 Å². The molecule has 1 aliphatic rings. The molecule has 2 aromatic carbocycles. The number of rotatable bonds is 2. The molecular formula is C23H34N2O. The predicted octanol–water partition coefficient (Wildman–Crippen LogP) is 5.10. The maximum atomic E-state index is 12.5. The number of carbonyl (C=O) groups is 1. The lowest BCUT2D eigenvalue weighted by Gasteiger charge is -2.32. The Morgan fingerprint density at radius 1 is 0.731 bits per heavy atom. The van der Waals surface area contributed by atoms with E-state index in [2.05, 4.69) is 43.1 Å². The van der Waals surface area contributed by atoms with Gasteiger partial charge in [-0.2, -0.15) is 0 Å². The normalized spacial score (nSPS) is 13.8. The predicted molar refractivity (Wildman–Crippen MR) is 113 cm³/mol. The highest BCUT2D eigenvalue weighted by Gasteiger charge is 2.20. The van der Waals surface area contributed by atoms with Crippen molar-refractivity contribution in [1.82, 2.24) is 9.80 Å². The largest absolute Gasteiger partial charge is 0.336 e. The fourth-order valence-electron chi connectivity index (χ4n) is 2.74. The summed E-state index contributed by atoms with van der Waals surface area (Å²) in [5.41, 5.74) is 4.37. The van der Waals surface area contributed by atoms with E-state index in [1.165, 1.54) is 11.1 Å². The molecule has 0 spiro atoms. The number of amides is 1. The van der Waals surface area contributed by atoms with Gasteiger partial charge in [-0.15, -0.1) is 0 Å². The Hall–Kier alpha value is -2.13. The minimum Gasteiger partial charge on any atom is -0.336 e. The molecular weight excluding hydrogens is 320 g/mol. The molecule has 1 fully saturated rings. The summed E-state index contributed by atoms with van der Waals surface area (Å²) in [4.78, 5) is 16.7.